The van der Waals surface area contributed by atoms with Crippen LogP contribution in [0.4, 0.5) is 0 Å². The van der Waals surface area contributed by atoms with Crippen LogP contribution >= 0.6 is 11.8 Å². The normalized spacial score (nSPS) is 17.7. The molecule has 0 radical (unpaired) electrons. The van der Waals surface area contributed by atoms with Crippen molar-refractivity contribution in [2.45, 2.75) is 32.9 Å². The molecule has 4 rings (SSSR count). The maximum absolute atomic E-state index is 13.2. The average Bonchev–Trinajstić information content (AvgIpc) is 3.22. The first kappa shape index (κ1) is 17.7. The minimum Gasteiger partial charge on any atom is -0.278 e. The third kappa shape index (κ3) is 3.32. The standard InChI is InChI=1S/C19H20N6OS/c1-13-9-10-20-17-22-15(23-25(13)17)16(26)24-18(27-12-19(24,2)3)21-11-14-7-5-4-6-8-14/h4-10H,11-12H2,1-3H3. The average molecular weight is 380 g/mol. The minimum absolute atomic E-state index is 0.139. The summed E-state index contributed by atoms with van der Waals surface area (Å²) in [6, 6.07) is 11.8. The molecular formula is C19H20N6OS. The predicted molar refractivity (Wildman–Crippen MR) is 106 cm³/mol. The van der Waals surface area contributed by atoms with Crippen LogP contribution in [0.2, 0.25) is 0 Å². The van der Waals surface area contributed by atoms with Crippen LogP contribution in [0, 0.1) is 6.92 Å². The van der Waals surface area contributed by atoms with E-state index in [9.17, 15) is 4.79 Å². The van der Waals surface area contributed by atoms with E-state index in [-0.39, 0.29) is 17.3 Å². The van der Waals surface area contributed by atoms with Crippen molar-refractivity contribution in [1.29, 1.82) is 0 Å². The van der Waals surface area contributed by atoms with Crippen LogP contribution in [-0.2, 0) is 6.54 Å². The zero-order valence-corrected chi connectivity index (χ0v) is 16.3. The van der Waals surface area contributed by atoms with Crippen molar-refractivity contribution >= 4 is 28.6 Å². The molecule has 1 saturated heterocycles. The maximum Gasteiger partial charge on any atom is 0.300 e. The number of hydrogen-bond acceptors (Lipinski definition) is 6. The Kier molecular flexibility index (Phi) is 4.43. The van der Waals surface area contributed by atoms with E-state index in [1.165, 1.54) is 0 Å². The molecule has 1 aliphatic rings. The predicted octanol–water partition coefficient (Wildman–Crippen LogP) is 2.96. The molecular weight excluding hydrogens is 360 g/mol. The Morgan fingerprint density at radius 2 is 2.04 bits per heavy atom. The second-order valence-electron chi connectivity index (χ2n) is 7.06. The lowest BCUT2D eigenvalue weighted by molar-refractivity contribution is 0.0754. The molecule has 1 aliphatic heterocycles. The van der Waals surface area contributed by atoms with Gasteiger partial charge in [0.25, 0.3) is 11.7 Å². The highest BCUT2D eigenvalue weighted by Gasteiger charge is 2.43. The monoisotopic (exact) mass is 380 g/mol. The molecule has 3 aromatic rings. The summed E-state index contributed by atoms with van der Waals surface area (Å²) in [5, 5.41) is 5.07. The number of hydrogen-bond donors (Lipinski definition) is 0. The van der Waals surface area contributed by atoms with E-state index in [0.717, 1.165) is 17.0 Å². The van der Waals surface area contributed by atoms with Gasteiger partial charge >= 0.3 is 0 Å². The maximum atomic E-state index is 13.2. The molecule has 8 heteroatoms. The van der Waals surface area contributed by atoms with Gasteiger partial charge in [-0.1, -0.05) is 42.1 Å². The van der Waals surface area contributed by atoms with Gasteiger partial charge < -0.3 is 0 Å². The first-order chi connectivity index (χ1) is 13.0. The number of carbonyl (C=O) groups is 1. The van der Waals surface area contributed by atoms with Gasteiger partial charge in [-0.2, -0.15) is 4.98 Å². The van der Waals surface area contributed by atoms with Crippen molar-refractivity contribution < 1.29 is 4.79 Å². The Morgan fingerprint density at radius 1 is 1.26 bits per heavy atom. The molecule has 1 aromatic carbocycles. The second kappa shape index (κ2) is 6.77. The van der Waals surface area contributed by atoms with E-state index in [2.05, 4.69) is 15.1 Å². The fraction of sp³-hybridized carbons (Fsp3) is 0.316. The lowest BCUT2D eigenvalue weighted by Gasteiger charge is -2.29. The van der Waals surface area contributed by atoms with Crippen molar-refractivity contribution in [3.05, 3.63) is 59.7 Å². The van der Waals surface area contributed by atoms with E-state index in [0.29, 0.717) is 17.5 Å². The van der Waals surface area contributed by atoms with Gasteiger partial charge in [-0.3, -0.25) is 14.7 Å². The van der Waals surface area contributed by atoms with E-state index < -0.39 is 0 Å². The van der Waals surface area contributed by atoms with Gasteiger partial charge in [0.05, 0.1) is 12.1 Å². The molecule has 7 nitrogen and oxygen atoms in total. The van der Waals surface area contributed by atoms with Crippen LogP contribution < -0.4 is 0 Å². The van der Waals surface area contributed by atoms with Gasteiger partial charge in [0, 0.05) is 17.6 Å². The van der Waals surface area contributed by atoms with E-state index in [4.69, 9.17) is 4.99 Å². The van der Waals surface area contributed by atoms with Crippen molar-refractivity contribution in [3.8, 4) is 0 Å². The SMILES string of the molecule is Cc1ccnc2nc(C(=O)N3C(=NCc4ccccc4)SCC3(C)C)nn12. The van der Waals surface area contributed by atoms with Crippen LogP contribution in [0.25, 0.3) is 5.78 Å². The summed E-state index contributed by atoms with van der Waals surface area (Å²) in [6.45, 7) is 6.49. The number of aromatic nitrogens is 4. The summed E-state index contributed by atoms with van der Waals surface area (Å²) in [5.41, 5.74) is 1.62. The number of amides is 1. The molecule has 0 unspecified atom stereocenters. The summed E-state index contributed by atoms with van der Waals surface area (Å²) < 4.78 is 1.59. The number of amidine groups is 1. The Bertz CT molecular complexity index is 1030. The molecule has 0 bridgehead atoms. The molecule has 0 saturated carbocycles. The molecule has 138 valence electrons. The van der Waals surface area contributed by atoms with Gasteiger partial charge in [0.2, 0.25) is 5.82 Å². The quantitative estimate of drug-likeness (QED) is 0.698. The summed E-state index contributed by atoms with van der Waals surface area (Å²) in [6.07, 6.45) is 1.66. The van der Waals surface area contributed by atoms with Crippen LogP contribution in [0.3, 0.4) is 0 Å². The first-order valence-electron chi connectivity index (χ1n) is 8.70. The molecule has 27 heavy (non-hydrogen) atoms. The third-order valence-electron chi connectivity index (χ3n) is 4.42. The first-order valence-corrected chi connectivity index (χ1v) is 9.68. The molecule has 0 aliphatic carbocycles. The lowest BCUT2D eigenvalue weighted by atomic mass is 10.1. The number of thioether (sulfide) groups is 1. The number of nitrogens with zero attached hydrogens (tertiary/aromatic N) is 6. The number of aryl methyl sites for hydroxylation is 1. The molecule has 1 fully saturated rings. The zero-order valence-electron chi connectivity index (χ0n) is 15.5. The van der Waals surface area contributed by atoms with Crippen molar-refractivity contribution in [3.63, 3.8) is 0 Å². The number of benzene rings is 1. The van der Waals surface area contributed by atoms with Crippen LogP contribution in [-0.4, -0.2) is 46.8 Å². The highest BCUT2D eigenvalue weighted by atomic mass is 32.2. The lowest BCUT2D eigenvalue weighted by Crippen LogP contribution is -2.46. The fourth-order valence-electron chi connectivity index (χ4n) is 2.95. The number of aliphatic imine (C=N–C) groups is 1. The van der Waals surface area contributed by atoms with Gasteiger partial charge in [-0.25, -0.2) is 9.50 Å². The Balaban J connectivity index is 1.67. The topological polar surface area (TPSA) is 75.8 Å². The third-order valence-corrected chi connectivity index (χ3v) is 5.84. The number of rotatable bonds is 3. The summed E-state index contributed by atoms with van der Waals surface area (Å²) in [4.78, 5) is 28.1. The van der Waals surface area contributed by atoms with Crippen molar-refractivity contribution in [2.75, 3.05) is 5.75 Å². The van der Waals surface area contributed by atoms with Gasteiger partial charge in [0.15, 0.2) is 5.17 Å². The van der Waals surface area contributed by atoms with Gasteiger partial charge in [-0.05, 0) is 32.4 Å². The molecule has 2 aromatic heterocycles. The van der Waals surface area contributed by atoms with E-state index in [1.54, 1.807) is 27.4 Å². The Labute approximate surface area is 161 Å². The van der Waals surface area contributed by atoms with Crippen molar-refractivity contribution in [1.82, 2.24) is 24.5 Å². The Morgan fingerprint density at radius 3 is 2.78 bits per heavy atom. The number of carbonyl (C=O) groups excluding carboxylic acids is 1. The smallest absolute Gasteiger partial charge is 0.278 e. The molecule has 3 heterocycles. The minimum atomic E-state index is -0.364. The van der Waals surface area contributed by atoms with E-state index in [1.807, 2.05) is 57.2 Å². The van der Waals surface area contributed by atoms with Crippen LogP contribution in [0.1, 0.15) is 35.7 Å². The van der Waals surface area contributed by atoms with Gasteiger partial charge in [0.1, 0.15) is 0 Å². The second-order valence-corrected chi connectivity index (χ2v) is 8.00. The fourth-order valence-corrected chi connectivity index (χ4v) is 4.17. The zero-order chi connectivity index (χ0) is 19.0. The van der Waals surface area contributed by atoms with Gasteiger partial charge in [-0.15, -0.1) is 5.10 Å². The highest BCUT2D eigenvalue weighted by molar-refractivity contribution is 8.14. The summed E-state index contributed by atoms with van der Waals surface area (Å²) >= 11 is 1.59. The van der Waals surface area contributed by atoms with Crippen LogP contribution in [0.5, 0.6) is 0 Å². The largest absolute Gasteiger partial charge is 0.300 e. The van der Waals surface area contributed by atoms with Crippen LogP contribution in [0.15, 0.2) is 47.6 Å². The molecule has 0 spiro atoms. The van der Waals surface area contributed by atoms with Crippen molar-refractivity contribution in [2.24, 2.45) is 4.99 Å². The Hall–Kier alpha value is -2.74. The molecule has 1 amide bonds. The molecule has 0 N–H and O–H groups in total. The van der Waals surface area contributed by atoms with E-state index >= 15 is 0 Å². The number of fused-ring (bicyclic) bond motifs is 1. The summed E-state index contributed by atoms with van der Waals surface area (Å²) in [5.74, 6) is 1.09. The summed E-state index contributed by atoms with van der Waals surface area (Å²) in [7, 11) is 0. The molecule has 0 atom stereocenters. The highest BCUT2D eigenvalue weighted by Crippen LogP contribution is 2.34.